The minimum atomic E-state index is -0.906. The number of carboxylic acid groups (broad SMARTS) is 1. The van der Waals surface area contributed by atoms with Crippen LogP contribution in [0.1, 0.15) is 38.5 Å². The molecule has 1 unspecified atom stereocenters. The van der Waals surface area contributed by atoms with Gasteiger partial charge >= 0.3 is 5.97 Å². The van der Waals surface area contributed by atoms with E-state index in [0.717, 1.165) is 19.3 Å². The predicted molar refractivity (Wildman–Crippen MR) is 57.8 cm³/mol. The van der Waals surface area contributed by atoms with E-state index in [1.165, 1.54) is 19.3 Å². The quantitative estimate of drug-likeness (QED) is 0.587. The zero-order chi connectivity index (χ0) is 11.3. The van der Waals surface area contributed by atoms with Crippen LogP contribution in [0, 0.1) is 29.1 Å². The molecule has 0 aliphatic heterocycles. The molecule has 0 aromatic carbocycles. The average molecular weight is 222 g/mol. The van der Waals surface area contributed by atoms with Crippen LogP contribution in [0.4, 0.5) is 0 Å². The molecule has 0 aromatic rings. The maximum absolute atomic E-state index is 11.2. The molecule has 88 valence electrons. The molecule has 0 heterocycles. The summed E-state index contributed by atoms with van der Waals surface area (Å²) in [5.41, 5.74) is -0.178. The van der Waals surface area contributed by atoms with Crippen molar-refractivity contribution in [1.82, 2.24) is 0 Å². The lowest BCUT2D eigenvalue weighted by Crippen LogP contribution is -2.51. The average Bonchev–Trinajstić information content (AvgIpc) is 2.14. The summed E-state index contributed by atoms with van der Waals surface area (Å²) in [5, 5.41) is 9.20. The first-order chi connectivity index (χ1) is 7.63. The summed E-state index contributed by atoms with van der Waals surface area (Å²) in [6.07, 6.45) is 7.48. The van der Waals surface area contributed by atoms with Crippen LogP contribution in [0.25, 0.3) is 0 Å². The topological polar surface area (TPSA) is 54.4 Å². The van der Waals surface area contributed by atoms with Crippen LogP contribution in [0.3, 0.4) is 0 Å². The first-order valence-electron chi connectivity index (χ1n) is 6.31. The van der Waals surface area contributed by atoms with Crippen LogP contribution in [-0.2, 0) is 9.59 Å². The van der Waals surface area contributed by atoms with Gasteiger partial charge in [-0.1, -0.05) is 0 Å². The van der Waals surface area contributed by atoms with E-state index in [4.69, 9.17) is 0 Å². The van der Waals surface area contributed by atoms with Gasteiger partial charge in [-0.15, -0.1) is 0 Å². The highest BCUT2D eigenvalue weighted by atomic mass is 16.4. The van der Waals surface area contributed by atoms with Crippen LogP contribution >= 0.6 is 0 Å². The Hall–Kier alpha value is -0.860. The Morgan fingerprint density at radius 2 is 1.56 bits per heavy atom. The number of carbonyl (C=O) groups is 2. The number of rotatable bonds is 3. The molecule has 4 fully saturated rings. The van der Waals surface area contributed by atoms with Crippen LogP contribution < -0.4 is 0 Å². The molecule has 16 heavy (non-hydrogen) atoms. The van der Waals surface area contributed by atoms with Crippen molar-refractivity contribution in [1.29, 1.82) is 0 Å². The molecule has 0 aromatic heterocycles. The van der Waals surface area contributed by atoms with Crippen LogP contribution in [0.15, 0.2) is 0 Å². The normalized spacial score (nSPS) is 46.6. The van der Waals surface area contributed by atoms with Gasteiger partial charge in [-0.3, -0.25) is 4.79 Å². The van der Waals surface area contributed by atoms with Gasteiger partial charge in [-0.2, -0.15) is 0 Å². The zero-order valence-corrected chi connectivity index (χ0v) is 9.39. The standard InChI is InChI=1S/C13H18O3/c14-7-11(12(15)16)13-4-8-1-9(5-13)3-10(2-8)6-13/h7-11H,1-6H2,(H,15,16). The fraction of sp³-hybridized carbons (Fsp3) is 0.846. The van der Waals surface area contributed by atoms with E-state index in [1.54, 1.807) is 0 Å². The molecule has 3 heteroatoms. The Labute approximate surface area is 95.2 Å². The van der Waals surface area contributed by atoms with Gasteiger partial charge in [0.15, 0.2) is 0 Å². The lowest BCUT2D eigenvalue weighted by molar-refractivity contribution is -0.159. The second-order valence-corrected chi connectivity index (χ2v) is 6.23. The smallest absolute Gasteiger partial charge is 0.314 e. The van der Waals surface area contributed by atoms with Crippen LogP contribution in [0.5, 0.6) is 0 Å². The number of hydrogen-bond acceptors (Lipinski definition) is 2. The third-order valence-electron chi connectivity index (χ3n) is 5.15. The summed E-state index contributed by atoms with van der Waals surface area (Å²) in [6, 6.07) is 0. The summed E-state index contributed by atoms with van der Waals surface area (Å²) in [5.74, 6) is 0.451. The molecule has 0 saturated heterocycles. The van der Waals surface area contributed by atoms with Crippen molar-refractivity contribution in [3.8, 4) is 0 Å². The third kappa shape index (κ3) is 1.33. The van der Waals surface area contributed by atoms with Gasteiger partial charge in [-0.05, 0) is 61.7 Å². The Balaban J connectivity index is 1.93. The number of carboxylic acids is 1. The summed E-state index contributed by atoms with van der Waals surface area (Å²) >= 11 is 0. The van der Waals surface area contributed by atoms with Crippen molar-refractivity contribution < 1.29 is 14.7 Å². The molecule has 4 saturated carbocycles. The number of aliphatic carboxylic acids is 1. The molecule has 4 aliphatic rings. The SMILES string of the molecule is O=CC(C(=O)O)C12CC3CC(CC(C3)C1)C2. The Morgan fingerprint density at radius 3 is 1.88 bits per heavy atom. The molecule has 1 N–H and O–H groups in total. The van der Waals surface area contributed by atoms with E-state index >= 15 is 0 Å². The molecule has 3 nitrogen and oxygen atoms in total. The van der Waals surface area contributed by atoms with Crippen LogP contribution in [-0.4, -0.2) is 17.4 Å². The van der Waals surface area contributed by atoms with Gasteiger partial charge in [0, 0.05) is 0 Å². The van der Waals surface area contributed by atoms with E-state index in [0.29, 0.717) is 24.0 Å². The van der Waals surface area contributed by atoms with Gasteiger partial charge in [0.2, 0.25) is 0 Å². The van der Waals surface area contributed by atoms with Gasteiger partial charge < -0.3 is 9.90 Å². The molecule has 0 radical (unpaired) electrons. The van der Waals surface area contributed by atoms with Crippen LogP contribution in [0.2, 0.25) is 0 Å². The second-order valence-electron chi connectivity index (χ2n) is 6.23. The molecule has 4 rings (SSSR count). The lowest BCUT2D eigenvalue weighted by atomic mass is 9.46. The highest BCUT2D eigenvalue weighted by Crippen LogP contribution is 2.62. The maximum atomic E-state index is 11.2. The van der Waals surface area contributed by atoms with Crippen molar-refractivity contribution >= 4 is 12.3 Å². The van der Waals surface area contributed by atoms with Crippen molar-refractivity contribution in [3.63, 3.8) is 0 Å². The fourth-order valence-electron chi connectivity index (χ4n) is 5.02. The van der Waals surface area contributed by atoms with E-state index < -0.39 is 11.9 Å². The summed E-state index contributed by atoms with van der Waals surface area (Å²) in [7, 11) is 0. The van der Waals surface area contributed by atoms with Gasteiger partial charge in [0.25, 0.3) is 0 Å². The first-order valence-corrected chi connectivity index (χ1v) is 6.31. The summed E-state index contributed by atoms with van der Waals surface area (Å²) in [4.78, 5) is 22.3. The van der Waals surface area contributed by atoms with E-state index in [1.807, 2.05) is 0 Å². The predicted octanol–water partition coefficient (Wildman–Crippen LogP) is 2.10. The van der Waals surface area contributed by atoms with Crippen molar-refractivity contribution in [2.45, 2.75) is 38.5 Å². The Morgan fingerprint density at radius 1 is 1.12 bits per heavy atom. The number of hydrogen-bond donors (Lipinski definition) is 1. The van der Waals surface area contributed by atoms with Crippen molar-refractivity contribution in [2.75, 3.05) is 0 Å². The van der Waals surface area contributed by atoms with E-state index in [2.05, 4.69) is 0 Å². The Bertz CT molecular complexity index is 299. The summed E-state index contributed by atoms with van der Waals surface area (Å²) in [6.45, 7) is 0. The minimum absolute atomic E-state index is 0.178. The molecular formula is C13H18O3. The van der Waals surface area contributed by atoms with Crippen molar-refractivity contribution in [3.05, 3.63) is 0 Å². The fourth-order valence-corrected chi connectivity index (χ4v) is 5.02. The van der Waals surface area contributed by atoms with Gasteiger partial charge in [0.1, 0.15) is 12.2 Å². The first kappa shape index (κ1) is 10.3. The number of carbonyl (C=O) groups excluding carboxylic acids is 1. The van der Waals surface area contributed by atoms with Gasteiger partial charge in [0.05, 0.1) is 0 Å². The summed E-state index contributed by atoms with van der Waals surface area (Å²) < 4.78 is 0. The molecule has 4 aliphatic carbocycles. The third-order valence-corrected chi connectivity index (χ3v) is 5.15. The molecule has 0 amide bonds. The monoisotopic (exact) mass is 222 g/mol. The highest BCUT2D eigenvalue weighted by Gasteiger charge is 2.55. The van der Waals surface area contributed by atoms with E-state index in [-0.39, 0.29) is 5.41 Å². The minimum Gasteiger partial charge on any atom is -0.481 e. The molecule has 4 bridgehead atoms. The Kier molecular flexibility index (Phi) is 2.13. The largest absolute Gasteiger partial charge is 0.481 e. The maximum Gasteiger partial charge on any atom is 0.314 e. The second kappa shape index (κ2) is 3.31. The highest BCUT2D eigenvalue weighted by molar-refractivity contribution is 5.87. The van der Waals surface area contributed by atoms with Crippen molar-refractivity contribution in [2.24, 2.45) is 29.1 Å². The van der Waals surface area contributed by atoms with Gasteiger partial charge in [-0.25, -0.2) is 0 Å². The molecular weight excluding hydrogens is 204 g/mol. The molecule has 1 atom stereocenters. The van der Waals surface area contributed by atoms with E-state index in [9.17, 15) is 14.7 Å². The molecule has 0 spiro atoms. The number of aldehydes is 1. The lowest BCUT2D eigenvalue weighted by Gasteiger charge is -2.57. The zero-order valence-electron chi connectivity index (χ0n) is 9.39.